The lowest BCUT2D eigenvalue weighted by molar-refractivity contribution is 0.281. The molecule has 0 aliphatic heterocycles. The number of rotatable bonds is 3. The van der Waals surface area contributed by atoms with Crippen LogP contribution >= 0.6 is 11.6 Å². The summed E-state index contributed by atoms with van der Waals surface area (Å²) in [6, 6.07) is 12.0. The summed E-state index contributed by atoms with van der Waals surface area (Å²) in [6.45, 7) is 1.65. The second-order valence-corrected chi connectivity index (χ2v) is 5.37. The molecule has 1 aromatic heterocycles. The highest BCUT2D eigenvalue weighted by Crippen LogP contribution is 2.37. The van der Waals surface area contributed by atoms with Crippen LogP contribution < -0.4 is 0 Å². The topological polar surface area (TPSA) is 46.3 Å². The van der Waals surface area contributed by atoms with Crippen LogP contribution in [-0.4, -0.2) is 10.3 Å². The quantitative estimate of drug-likeness (QED) is 0.767. The third-order valence-electron chi connectivity index (χ3n) is 3.46. The highest BCUT2D eigenvalue weighted by atomic mass is 35.5. The van der Waals surface area contributed by atoms with Gasteiger partial charge in [0.25, 0.3) is 0 Å². The van der Waals surface area contributed by atoms with E-state index in [1.54, 1.807) is 6.07 Å². The number of benzene rings is 2. The summed E-state index contributed by atoms with van der Waals surface area (Å²) >= 11 is 6.07. The summed E-state index contributed by atoms with van der Waals surface area (Å²) in [5.41, 5.74) is 2.64. The standard InChI is InChI=1S/C17H13ClFNO2/c1-10-5-7-11(8-6-10)17-12(9-21)16(20-22-17)15-13(18)3-2-4-14(15)19/h2-8,21H,9H2,1H3. The van der Waals surface area contributed by atoms with E-state index in [0.717, 1.165) is 11.1 Å². The number of aliphatic hydroxyl groups is 1. The van der Waals surface area contributed by atoms with Gasteiger partial charge in [-0.05, 0) is 19.1 Å². The van der Waals surface area contributed by atoms with E-state index in [4.69, 9.17) is 16.1 Å². The Morgan fingerprint density at radius 2 is 1.91 bits per heavy atom. The van der Waals surface area contributed by atoms with E-state index in [0.29, 0.717) is 11.3 Å². The summed E-state index contributed by atoms with van der Waals surface area (Å²) in [7, 11) is 0. The highest BCUT2D eigenvalue weighted by molar-refractivity contribution is 6.33. The van der Waals surface area contributed by atoms with E-state index in [2.05, 4.69) is 5.16 Å². The predicted molar refractivity (Wildman–Crippen MR) is 83.0 cm³/mol. The van der Waals surface area contributed by atoms with Crippen LogP contribution in [0.25, 0.3) is 22.6 Å². The van der Waals surface area contributed by atoms with Gasteiger partial charge < -0.3 is 9.63 Å². The van der Waals surface area contributed by atoms with Gasteiger partial charge in [-0.1, -0.05) is 52.7 Å². The first-order valence-corrected chi connectivity index (χ1v) is 7.10. The van der Waals surface area contributed by atoms with Gasteiger partial charge in [-0.3, -0.25) is 0 Å². The molecule has 5 heteroatoms. The Balaban J connectivity index is 2.18. The van der Waals surface area contributed by atoms with Crippen LogP contribution in [0.5, 0.6) is 0 Å². The Morgan fingerprint density at radius 1 is 1.18 bits per heavy atom. The zero-order valence-corrected chi connectivity index (χ0v) is 12.6. The second kappa shape index (κ2) is 5.91. The molecule has 0 radical (unpaired) electrons. The van der Waals surface area contributed by atoms with Gasteiger partial charge in [-0.25, -0.2) is 4.39 Å². The minimum absolute atomic E-state index is 0.135. The smallest absolute Gasteiger partial charge is 0.173 e. The molecule has 0 unspecified atom stereocenters. The number of nitrogens with zero attached hydrogens (tertiary/aromatic N) is 1. The van der Waals surface area contributed by atoms with Crippen molar-refractivity contribution in [2.45, 2.75) is 13.5 Å². The fourth-order valence-electron chi connectivity index (χ4n) is 2.31. The molecule has 1 heterocycles. The second-order valence-electron chi connectivity index (χ2n) is 4.96. The van der Waals surface area contributed by atoms with E-state index in [9.17, 15) is 9.50 Å². The van der Waals surface area contributed by atoms with Crippen LogP contribution in [-0.2, 0) is 6.61 Å². The lowest BCUT2D eigenvalue weighted by Crippen LogP contribution is -1.92. The summed E-state index contributed by atoms with van der Waals surface area (Å²) in [6.07, 6.45) is 0. The van der Waals surface area contributed by atoms with Crippen molar-refractivity contribution in [3.63, 3.8) is 0 Å². The number of hydrogen-bond acceptors (Lipinski definition) is 3. The molecule has 0 saturated heterocycles. The van der Waals surface area contributed by atoms with Gasteiger partial charge in [0.05, 0.1) is 22.8 Å². The average Bonchev–Trinajstić information content (AvgIpc) is 2.91. The molecular weight excluding hydrogens is 305 g/mol. The summed E-state index contributed by atoms with van der Waals surface area (Å²) < 4.78 is 19.4. The molecule has 0 atom stereocenters. The van der Waals surface area contributed by atoms with Crippen molar-refractivity contribution in [1.29, 1.82) is 0 Å². The monoisotopic (exact) mass is 317 g/mol. The maximum Gasteiger partial charge on any atom is 0.173 e. The minimum Gasteiger partial charge on any atom is -0.391 e. The predicted octanol–water partition coefficient (Wildman–Crippen LogP) is 4.60. The molecule has 0 bridgehead atoms. The molecule has 1 N–H and O–H groups in total. The van der Waals surface area contributed by atoms with Gasteiger partial charge in [-0.2, -0.15) is 0 Å². The van der Waals surface area contributed by atoms with Gasteiger partial charge in [0.15, 0.2) is 5.76 Å². The molecule has 0 aliphatic carbocycles. The maximum atomic E-state index is 14.1. The van der Waals surface area contributed by atoms with Crippen LogP contribution in [0.3, 0.4) is 0 Å². The zero-order valence-electron chi connectivity index (χ0n) is 11.8. The highest BCUT2D eigenvalue weighted by Gasteiger charge is 2.22. The van der Waals surface area contributed by atoms with Crippen LogP contribution in [0.2, 0.25) is 5.02 Å². The Bertz CT molecular complexity index is 792. The molecule has 3 aromatic rings. The minimum atomic E-state index is -0.508. The summed E-state index contributed by atoms with van der Waals surface area (Å²) in [5.74, 6) is -0.0947. The molecule has 22 heavy (non-hydrogen) atoms. The van der Waals surface area contributed by atoms with Crippen LogP contribution in [0, 0.1) is 12.7 Å². The number of aryl methyl sites for hydroxylation is 1. The van der Waals surface area contributed by atoms with Crippen molar-refractivity contribution >= 4 is 11.6 Å². The Labute approximate surface area is 132 Å². The maximum absolute atomic E-state index is 14.1. The van der Waals surface area contributed by atoms with Crippen LogP contribution in [0.15, 0.2) is 47.0 Å². The molecule has 0 spiro atoms. The van der Waals surface area contributed by atoms with Gasteiger partial charge in [0.1, 0.15) is 11.5 Å². The number of aliphatic hydroxyl groups excluding tert-OH is 1. The molecule has 0 saturated carbocycles. The zero-order chi connectivity index (χ0) is 15.7. The third kappa shape index (κ3) is 2.51. The molecule has 0 aliphatic rings. The normalized spacial score (nSPS) is 10.9. The molecule has 0 fully saturated rings. The first-order valence-electron chi connectivity index (χ1n) is 6.72. The van der Waals surface area contributed by atoms with E-state index < -0.39 is 5.82 Å². The molecule has 2 aromatic carbocycles. The fraction of sp³-hybridized carbons (Fsp3) is 0.118. The summed E-state index contributed by atoms with van der Waals surface area (Å²) in [5, 5.41) is 13.8. The van der Waals surface area contributed by atoms with E-state index in [1.165, 1.54) is 12.1 Å². The number of hydrogen-bond donors (Lipinski definition) is 1. The van der Waals surface area contributed by atoms with Gasteiger partial charge in [0, 0.05) is 5.56 Å². The van der Waals surface area contributed by atoms with Crippen molar-refractivity contribution in [3.8, 4) is 22.6 Å². The van der Waals surface area contributed by atoms with Crippen molar-refractivity contribution in [2.75, 3.05) is 0 Å². The van der Waals surface area contributed by atoms with Crippen LogP contribution in [0.1, 0.15) is 11.1 Å². The molecular formula is C17H13ClFNO2. The van der Waals surface area contributed by atoms with E-state index in [1.807, 2.05) is 31.2 Å². The Morgan fingerprint density at radius 3 is 2.55 bits per heavy atom. The fourth-order valence-corrected chi connectivity index (χ4v) is 2.56. The van der Waals surface area contributed by atoms with Crippen LogP contribution in [0.4, 0.5) is 4.39 Å². The lowest BCUT2D eigenvalue weighted by atomic mass is 10.0. The molecule has 112 valence electrons. The number of aromatic nitrogens is 1. The molecule has 0 amide bonds. The molecule has 3 rings (SSSR count). The van der Waals surface area contributed by atoms with Crippen molar-refractivity contribution < 1.29 is 14.0 Å². The Hall–Kier alpha value is -2.17. The van der Waals surface area contributed by atoms with E-state index >= 15 is 0 Å². The van der Waals surface area contributed by atoms with Gasteiger partial charge in [-0.15, -0.1) is 0 Å². The SMILES string of the molecule is Cc1ccc(-c2onc(-c3c(F)cccc3Cl)c2CO)cc1. The Kier molecular flexibility index (Phi) is 3.96. The van der Waals surface area contributed by atoms with Crippen molar-refractivity contribution in [1.82, 2.24) is 5.16 Å². The van der Waals surface area contributed by atoms with Gasteiger partial charge >= 0.3 is 0 Å². The first-order chi connectivity index (χ1) is 10.6. The average molecular weight is 318 g/mol. The van der Waals surface area contributed by atoms with Crippen molar-refractivity contribution in [2.24, 2.45) is 0 Å². The van der Waals surface area contributed by atoms with Crippen molar-refractivity contribution in [3.05, 3.63) is 64.4 Å². The molecule has 3 nitrogen and oxygen atoms in total. The third-order valence-corrected chi connectivity index (χ3v) is 3.77. The van der Waals surface area contributed by atoms with Gasteiger partial charge in [0.2, 0.25) is 0 Å². The first kappa shape index (κ1) is 14.8. The lowest BCUT2D eigenvalue weighted by Gasteiger charge is -2.05. The van der Waals surface area contributed by atoms with E-state index in [-0.39, 0.29) is 22.9 Å². The summed E-state index contributed by atoms with van der Waals surface area (Å²) in [4.78, 5) is 0. The number of halogens is 2. The largest absolute Gasteiger partial charge is 0.391 e.